The molecule has 0 unspecified atom stereocenters. The van der Waals surface area contributed by atoms with Gasteiger partial charge in [-0.25, -0.2) is 9.59 Å². The van der Waals surface area contributed by atoms with Crippen LogP contribution in [0.25, 0.3) is 11.4 Å². The molecular formula is C24H32Cl2N2O4Pt. The van der Waals surface area contributed by atoms with Crippen molar-refractivity contribution in [1.82, 2.24) is 9.97 Å². The molecule has 2 rings (SSSR count). The zero-order chi connectivity index (χ0) is 24.3. The molecule has 2 aromatic heterocycles. The summed E-state index contributed by atoms with van der Waals surface area (Å²) in [6, 6.07) is 6.51. The maximum absolute atomic E-state index is 12.3. The van der Waals surface area contributed by atoms with Crippen molar-refractivity contribution >= 4 is 30.8 Å². The van der Waals surface area contributed by atoms with E-state index in [9.17, 15) is 9.59 Å². The van der Waals surface area contributed by atoms with Crippen molar-refractivity contribution in [2.24, 2.45) is 0 Å². The summed E-state index contributed by atoms with van der Waals surface area (Å²) in [6.07, 6.45) is 11.5. The monoisotopic (exact) mass is 677 g/mol. The number of halogens is 2. The van der Waals surface area contributed by atoms with E-state index in [2.05, 4.69) is 23.8 Å². The van der Waals surface area contributed by atoms with Crippen molar-refractivity contribution in [2.45, 2.75) is 65.2 Å². The van der Waals surface area contributed by atoms with E-state index in [4.69, 9.17) is 28.3 Å². The van der Waals surface area contributed by atoms with Crippen LogP contribution in [-0.2, 0) is 26.0 Å². The molecular weight excluding hydrogens is 646 g/mol. The van der Waals surface area contributed by atoms with Crippen LogP contribution >= 0.6 is 18.8 Å². The maximum atomic E-state index is 12.3. The van der Waals surface area contributed by atoms with Crippen LogP contribution in [0.3, 0.4) is 0 Å². The molecule has 33 heavy (non-hydrogen) atoms. The van der Waals surface area contributed by atoms with Gasteiger partial charge in [0.1, 0.15) is 0 Å². The third-order valence-electron chi connectivity index (χ3n) is 4.72. The Bertz CT molecular complexity index is 772. The predicted octanol–water partition coefficient (Wildman–Crippen LogP) is 6.99. The van der Waals surface area contributed by atoms with Gasteiger partial charge in [-0.15, -0.1) is 0 Å². The molecule has 0 aliphatic heterocycles. The predicted molar refractivity (Wildman–Crippen MR) is 128 cm³/mol. The number of rotatable bonds is 13. The number of nitrogens with zero attached hydrogens (tertiary/aromatic N) is 2. The molecule has 2 heterocycles. The van der Waals surface area contributed by atoms with Crippen LogP contribution in [0.1, 0.15) is 85.9 Å². The molecule has 0 aliphatic carbocycles. The molecule has 6 nitrogen and oxygen atoms in total. The van der Waals surface area contributed by atoms with Crippen LogP contribution in [0.4, 0.5) is 0 Å². The molecule has 0 fully saturated rings. The Morgan fingerprint density at radius 1 is 0.758 bits per heavy atom. The first-order chi connectivity index (χ1) is 16.1. The summed E-state index contributed by atoms with van der Waals surface area (Å²) in [7, 11) is 9.75. The first-order valence-electron chi connectivity index (χ1n) is 11.2. The van der Waals surface area contributed by atoms with E-state index in [1.54, 1.807) is 36.7 Å². The van der Waals surface area contributed by atoms with E-state index >= 15 is 0 Å². The number of aromatic nitrogens is 2. The average molecular weight is 679 g/mol. The van der Waals surface area contributed by atoms with Gasteiger partial charge in [0, 0.05) is 12.4 Å². The van der Waals surface area contributed by atoms with Gasteiger partial charge in [0.05, 0.1) is 35.7 Å². The Hall–Kier alpha value is -1.49. The summed E-state index contributed by atoms with van der Waals surface area (Å²) in [5.74, 6) is -0.754. The molecule has 0 saturated carbocycles. The average Bonchev–Trinajstić information content (AvgIpc) is 2.84. The molecule has 2 aromatic rings. The van der Waals surface area contributed by atoms with Crippen LogP contribution in [0.2, 0.25) is 0 Å². The van der Waals surface area contributed by atoms with E-state index in [-0.39, 0.29) is 11.9 Å². The third kappa shape index (κ3) is 12.5. The second-order valence-electron chi connectivity index (χ2n) is 7.30. The number of hydrogen-bond acceptors (Lipinski definition) is 6. The standard InChI is InChI=1S/C24H32N2O4.2ClH.Pt/c1-3-5-7-9-15-29-23(27)19-11-13-25-21(17-19)22-18-20(12-14-26-22)24(28)30-16-10-8-6-4-2;;;/h11-14,17-18H,3-10,15-16H2,1-2H3;2*1H;/q;;;+2/p-2. The summed E-state index contributed by atoms with van der Waals surface area (Å²) >= 11 is -0.472. The Morgan fingerprint density at radius 3 is 1.52 bits per heavy atom. The number of hydrogen-bond donors (Lipinski definition) is 0. The second-order valence-corrected chi connectivity index (χ2v) is 10.6. The SMILES string of the molecule is CCCCCCOC(=O)c1ccnc(-c2cc(C(=O)OCCCCCC)ccn2)c1.[Cl][Pt][Cl]. The third-order valence-corrected chi connectivity index (χ3v) is 4.72. The Kier molecular flexibility index (Phi) is 16.9. The number of esters is 2. The molecule has 0 saturated heterocycles. The molecule has 0 atom stereocenters. The van der Waals surface area contributed by atoms with Crippen molar-refractivity contribution in [3.63, 3.8) is 0 Å². The molecule has 9 heteroatoms. The summed E-state index contributed by atoms with van der Waals surface area (Å²) in [6.45, 7) is 5.10. The van der Waals surface area contributed by atoms with E-state index in [0.29, 0.717) is 35.7 Å². The Morgan fingerprint density at radius 2 is 1.15 bits per heavy atom. The minimum absolute atomic E-state index is 0.377. The fourth-order valence-electron chi connectivity index (χ4n) is 2.95. The quantitative estimate of drug-likeness (QED) is 0.168. The van der Waals surface area contributed by atoms with E-state index in [0.717, 1.165) is 51.4 Å². The summed E-state index contributed by atoms with van der Waals surface area (Å²) in [4.78, 5) is 33.1. The fraction of sp³-hybridized carbons (Fsp3) is 0.500. The van der Waals surface area contributed by atoms with E-state index in [1.165, 1.54) is 0 Å². The summed E-state index contributed by atoms with van der Waals surface area (Å²) < 4.78 is 10.7. The van der Waals surface area contributed by atoms with E-state index < -0.39 is 16.5 Å². The van der Waals surface area contributed by atoms with Crippen LogP contribution in [0.5, 0.6) is 0 Å². The molecule has 0 bridgehead atoms. The van der Waals surface area contributed by atoms with E-state index in [1.807, 2.05) is 0 Å². The van der Waals surface area contributed by atoms with Gasteiger partial charge in [0.15, 0.2) is 0 Å². The van der Waals surface area contributed by atoms with Crippen LogP contribution in [-0.4, -0.2) is 35.1 Å². The molecule has 0 amide bonds. The Labute approximate surface area is 213 Å². The van der Waals surface area contributed by atoms with Crippen molar-refractivity contribution in [2.75, 3.05) is 13.2 Å². The number of carbonyl (C=O) groups excluding carboxylic acids is 2. The van der Waals surface area contributed by atoms with Gasteiger partial charge in [0.25, 0.3) is 0 Å². The zero-order valence-electron chi connectivity index (χ0n) is 19.1. The van der Waals surface area contributed by atoms with Gasteiger partial charge >= 0.3 is 47.3 Å². The van der Waals surface area contributed by atoms with Gasteiger partial charge in [0.2, 0.25) is 0 Å². The van der Waals surface area contributed by atoms with Crippen molar-refractivity contribution < 1.29 is 35.5 Å². The van der Waals surface area contributed by atoms with Crippen LogP contribution in [0, 0.1) is 0 Å². The van der Waals surface area contributed by atoms with Crippen LogP contribution < -0.4 is 0 Å². The first kappa shape index (κ1) is 29.5. The van der Waals surface area contributed by atoms with Gasteiger partial charge in [-0.05, 0) is 37.1 Å². The summed E-state index contributed by atoms with van der Waals surface area (Å²) in [5.41, 5.74) is 1.85. The normalized spacial score (nSPS) is 10.3. The molecule has 0 N–H and O–H groups in total. The first-order valence-corrected chi connectivity index (χ1v) is 16.8. The van der Waals surface area contributed by atoms with Crippen LogP contribution in [0.15, 0.2) is 36.7 Å². The number of unbranched alkanes of at least 4 members (excludes halogenated alkanes) is 6. The van der Waals surface area contributed by atoms with Gasteiger partial charge in [-0.3, -0.25) is 9.97 Å². The molecule has 0 radical (unpaired) electrons. The molecule has 0 aromatic carbocycles. The van der Waals surface area contributed by atoms with Gasteiger partial charge < -0.3 is 9.47 Å². The number of ether oxygens (including phenoxy) is 2. The van der Waals surface area contributed by atoms with Gasteiger partial charge in [-0.2, -0.15) is 0 Å². The summed E-state index contributed by atoms with van der Waals surface area (Å²) in [5, 5.41) is 0. The fourth-order valence-corrected chi connectivity index (χ4v) is 2.95. The Balaban J connectivity index is 0.00000172. The molecule has 186 valence electrons. The second kappa shape index (κ2) is 18.9. The van der Waals surface area contributed by atoms with Gasteiger partial charge in [-0.1, -0.05) is 52.4 Å². The number of pyridine rings is 2. The van der Waals surface area contributed by atoms with Crippen molar-refractivity contribution in [3.8, 4) is 11.4 Å². The zero-order valence-corrected chi connectivity index (χ0v) is 22.9. The minimum atomic E-state index is -0.472. The van der Waals surface area contributed by atoms with Crippen molar-refractivity contribution in [3.05, 3.63) is 47.8 Å². The number of carbonyl (C=O) groups is 2. The topological polar surface area (TPSA) is 78.4 Å². The van der Waals surface area contributed by atoms with Crippen molar-refractivity contribution in [1.29, 1.82) is 0 Å². The molecule has 0 spiro atoms. The molecule has 0 aliphatic rings.